The Morgan fingerprint density at radius 1 is 1.27 bits per heavy atom. The number of amides is 3. The van der Waals surface area contributed by atoms with E-state index in [1.54, 1.807) is 9.80 Å². The van der Waals surface area contributed by atoms with Crippen molar-refractivity contribution < 1.29 is 19.1 Å². The summed E-state index contributed by atoms with van der Waals surface area (Å²) in [7, 11) is 1.37. The number of likely N-dealkylation sites (tertiary alicyclic amines) is 1. The molecule has 1 unspecified atom stereocenters. The van der Waals surface area contributed by atoms with Crippen molar-refractivity contribution in [2.24, 2.45) is 5.92 Å². The van der Waals surface area contributed by atoms with Crippen molar-refractivity contribution >= 4 is 39.5 Å². The van der Waals surface area contributed by atoms with Gasteiger partial charge in [0.1, 0.15) is 0 Å². The Hall–Kier alpha value is -2.09. The number of carbonyl (C=O) groups is 3. The summed E-state index contributed by atoms with van der Waals surface area (Å²) in [5.74, 6) is -0.476. The zero-order valence-electron chi connectivity index (χ0n) is 14.6. The zero-order chi connectivity index (χ0) is 18.7. The van der Waals surface area contributed by atoms with Crippen LogP contribution in [0.3, 0.4) is 0 Å². The lowest BCUT2D eigenvalue weighted by molar-refractivity contribution is -0.127. The van der Waals surface area contributed by atoms with Crippen LogP contribution in [0.15, 0.2) is 28.7 Å². The molecule has 0 bridgehead atoms. The van der Waals surface area contributed by atoms with Crippen molar-refractivity contribution in [1.29, 1.82) is 0 Å². The van der Waals surface area contributed by atoms with Crippen LogP contribution in [0.4, 0.5) is 10.5 Å². The standard InChI is InChI=1S/C18H22BrN3O4/c1-26-18(25)21-7-5-14(6-8-21)20-17(24)12-9-16(23)22(11-12)15-4-2-3-13(19)10-15/h2-4,10,12,14H,5-9,11H2,1H3,(H,20,24). The molecule has 2 heterocycles. The fourth-order valence-electron chi connectivity index (χ4n) is 3.43. The highest BCUT2D eigenvalue weighted by atomic mass is 79.9. The Morgan fingerprint density at radius 2 is 2.00 bits per heavy atom. The third-order valence-electron chi connectivity index (χ3n) is 4.89. The molecule has 2 aliphatic rings. The van der Waals surface area contributed by atoms with Crippen LogP contribution in [0.25, 0.3) is 0 Å². The van der Waals surface area contributed by atoms with Gasteiger partial charge in [-0.1, -0.05) is 22.0 Å². The molecule has 3 rings (SSSR count). The molecule has 0 saturated carbocycles. The third kappa shape index (κ3) is 4.17. The van der Waals surface area contributed by atoms with Gasteiger partial charge in [-0.3, -0.25) is 9.59 Å². The predicted molar refractivity (Wildman–Crippen MR) is 99.7 cm³/mol. The average molecular weight is 424 g/mol. The van der Waals surface area contributed by atoms with Gasteiger partial charge in [0, 0.05) is 42.3 Å². The van der Waals surface area contributed by atoms with Gasteiger partial charge >= 0.3 is 6.09 Å². The number of ether oxygens (including phenoxy) is 1. The Balaban J connectivity index is 1.53. The molecule has 0 aliphatic carbocycles. The highest BCUT2D eigenvalue weighted by molar-refractivity contribution is 9.10. The van der Waals surface area contributed by atoms with E-state index < -0.39 is 0 Å². The molecule has 1 aromatic rings. The van der Waals surface area contributed by atoms with E-state index in [0.717, 1.165) is 10.2 Å². The lowest BCUT2D eigenvalue weighted by Gasteiger charge is -2.31. The highest BCUT2D eigenvalue weighted by Gasteiger charge is 2.36. The summed E-state index contributed by atoms with van der Waals surface area (Å²) in [6, 6.07) is 7.54. The monoisotopic (exact) mass is 423 g/mol. The second-order valence-corrected chi connectivity index (χ2v) is 7.54. The van der Waals surface area contributed by atoms with Crippen LogP contribution in [0, 0.1) is 5.92 Å². The Morgan fingerprint density at radius 3 is 2.65 bits per heavy atom. The van der Waals surface area contributed by atoms with Crippen LogP contribution >= 0.6 is 15.9 Å². The summed E-state index contributed by atoms with van der Waals surface area (Å²) < 4.78 is 5.61. The first-order chi connectivity index (χ1) is 12.5. The van der Waals surface area contributed by atoms with Crippen molar-refractivity contribution in [1.82, 2.24) is 10.2 Å². The molecule has 8 heteroatoms. The van der Waals surface area contributed by atoms with E-state index in [2.05, 4.69) is 21.2 Å². The van der Waals surface area contributed by atoms with Gasteiger partial charge in [0.15, 0.2) is 0 Å². The molecule has 0 spiro atoms. The van der Waals surface area contributed by atoms with Gasteiger partial charge in [0.2, 0.25) is 11.8 Å². The first-order valence-electron chi connectivity index (χ1n) is 8.67. The molecule has 140 valence electrons. The third-order valence-corrected chi connectivity index (χ3v) is 5.38. The van der Waals surface area contributed by atoms with E-state index in [9.17, 15) is 14.4 Å². The molecule has 1 atom stereocenters. The van der Waals surface area contributed by atoms with E-state index >= 15 is 0 Å². The Labute approximate surface area is 160 Å². The number of benzene rings is 1. The molecule has 1 N–H and O–H groups in total. The van der Waals surface area contributed by atoms with Gasteiger partial charge in [-0.2, -0.15) is 0 Å². The van der Waals surface area contributed by atoms with E-state index in [0.29, 0.717) is 32.5 Å². The van der Waals surface area contributed by atoms with Crippen LogP contribution < -0.4 is 10.2 Å². The van der Waals surface area contributed by atoms with E-state index in [1.165, 1.54) is 7.11 Å². The maximum atomic E-state index is 12.6. The number of hydrogen-bond acceptors (Lipinski definition) is 4. The van der Waals surface area contributed by atoms with E-state index in [4.69, 9.17) is 4.74 Å². The van der Waals surface area contributed by atoms with Crippen LogP contribution in [-0.4, -0.2) is 55.6 Å². The Kier molecular flexibility index (Phi) is 5.80. The summed E-state index contributed by atoms with van der Waals surface area (Å²) in [5, 5.41) is 3.04. The molecule has 0 aromatic heterocycles. The minimum absolute atomic E-state index is 0.0263. The normalized spacial score (nSPS) is 21.0. The maximum absolute atomic E-state index is 12.6. The topological polar surface area (TPSA) is 79.0 Å². The SMILES string of the molecule is COC(=O)N1CCC(NC(=O)C2CC(=O)N(c3cccc(Br)c3)C2)CC1. The summed E-state index contributed by atoms with van der Waals surface area (Å²) in [6.07, 6.45) is 1.27. The summed E-state index contributed by atoms with van der Waals surface area (Å²) in [6.45, 7) is 1.51. The van der Waals surface area contributed by atoms with Crippen molar-refractivity contribution in [3.8, 4) is 0 Å². The molecule has 0 radical (unpaired) electrons. The first-order valence-corrected chi connectivity index (χ1v) is 9.46. The number of carbonyl (C=O) groups excluding carboxylic acids is 3. The molecule has 2 aliphatic heterocycles. The van der Waals surface area contributed by atoms with Crippen LogP contribution in [-0.2, 0) is 14.3 Å². The lowest BCUT2D eigenvalue weighted by Crippen LogP contribution is -2.48. The molecule has 2 saturated heterocycles. The van der Waals surface area contributed by atoms with Gasteiger partial charge in [-0.05, 0) is 31.0 Å². The first kappa shape index (κ1) is 18.7. The fourth-order valence-corrected chi connectivity index (χ4v) is 3.82. The quantitative estimate of drug-likeness (QED) is 0.807. The number of halogens is 1. The van der Waals surface area contributed by atoms with Crippen LogP contribution in [0.5, 0.6) is 0 Å². The highest BCUT2D eigenvalue weighted by Crippen LogP contribution is 2.27. The zero-order valence-corrected chi connectivity index (χ0v) is 16.2. The average Bonchev–Trinajstić information content (AvgIpc) is 3.03. The van der Waals surface area contributed by atoms with E-state index in [1.807, 2.05) is 24.3 Å². The lowest BCUT2D eigenvalue weighted by atomic mass is 10.0. The molecule has 7 nitrogen and oxygen atoms in total. The Bertz CT molecular complexity index is 703. The van der Waals surface area contributed by atoms with Crippen molar-refractivity contribution in [2.75, 3.05) is 31.6 Å². The minimum atomic E-state index is -0.347. The van der Waals surface area contributed by atoms with E-state index in [-0.39, 0.29) is 36.3 Å². The number of methoxy groups -OCH3 is 1. The molecule has 26 heavy (non-hydrogen) atoms. The molecular formula is C18H22BrN3O4. The number of piperidine rings is 1. The number of hydrogen-bond donors (Lipinski definition) is 1. The largest absolute Gasteiger partial charge is 0.453 e. The molecule has 3 amide bonds. The maximum Gasteiger partial charge on any atom is 0.409 e. The fraction of sp³-hybridized carbons (Fsp3) is 0.500. The summed E-state index contributed by atoms with van der Waals surface area (Å²) in [5.41, 5.74) is 0.797. The summed E-state index contributed by atoms with van der Waals surface area (Å²) >= 11 is 3.40. The van der Waals surface area contributed by atoms with Gasteiger partial charge < -0.3 is 19.9 Å². The predicted octanol–water partition coefficient (Wildman–Crippen LogP) is 2.15. The van der Waals surface area contributed by atoms with Crippen molar-refractivity contribution in [3.63, 3.8) is 0 Å². The van der Waals surface area contributed by atoms with Crippen molar-refractivity contribution in [2.45, 2.75) is 25.3 Å². The molecule has 1 aromatic carbocycles. The van der Waals surface area contributed by atoms with Gasteiger partial charge in [-0.25, -0.2) is 4.79 Å². The summed E-state index contributed by atoms with van der Waals surface area (Å²) in [4.78, 5) is 39.7. The smallest absolute Gasteiger partial charge is 0.409 e. The van der Waals surface area contributed by atoms with Crippen LogP contribution in [0.1, 0.15) is 19.3 Å². The van der Waals surface area contributed by atoms with Crippen molar-refractivity contribution in [3.05, 3.63) is 28.7 Å². The number of anilines is 1. The molecular weight excluding hydrogens is 402 g/mol. The second kappa shape index (κ2) is 8.07. The van der Waals surface area contributed by atoms with Gasteiger partial charge in [0.05, 0.1) is 13.0 Å². The number of nitrogens with zero attached hydrogens (tertiary/aromatic N) is 2. The minimum Gasteiger partial charge on any atom is -0.453 e. The second-order valence-electron chi connectivity index (χ2n) is 6.63. The van der Waals surface area contributed by atoms with Crippen LogP contribution in [0.2, 0.25) is 0 Å². The number of nitrogens with one attached hydrogen (secondary N) is 1. The van der Waals surface area contributed by atoms with Gasteiger partial charge in [-0.15, -0.1) is 0 Å². The molecule has 2 fully saturated rings. The van der Waals surface area contributed by atoms with Gasteiger partial charge in [0.25, 0.3) is 0 Å². The number of rotatable bonds is 3.